The highest BCUT2D eigenvalue weighted by Crippen LogP contribution is 2.54. The van der Waals surface area contributed by atoms with E-state index in [0.29, 0.717) is 23.0 Å². The van der Waals surface area contributed by atoms with Gasteiger partial charge >= 0.3 is 0 Å². The van der Waals surface area contributed by atoms with Crippen LogP contribution in [0.25, 0.3) is 78.3 Å². The van der Waals surface area contributed by atoms with E-state index in [2.05, 4.69) is 153 Å². The number of fused-ring (bicyclic) bond motifs is 3. The van der Waals surface area contributed by atoms with Crippen LogP contribution in [-0.4, -0.2) is 15.0 Å². The lowest BCUT2D eigenvalue weighted by Gasteiger charge is -2.50. The van der Waals surface area contributed by atoms with Crippen molar-refractivity contribution < 1.29 is 0 Å². The van der Waals surface area contributed by atoms with Gasteiger partial charge < -0.3 is 0 Å². The Balaban J connectivity index is 1.17. The summed E-state index contributed by atoms with van der Waals surface area (Å²) in [4.78, 5) is 16.0. The van der Waals surface area contributed by atoms with Gasteiger partial charge in [0.25, 0.3) is 0 Å². The van der Waals surface area contributed by atoms with Gasteiger partial charge in [0.2, 0.25) is 0 Å². The fourth-order valence-corrected chi connectivity index (χ4v) is 10.5. The monoisotopic (exact) mass is 762 g/mol. The van der Waals surface area contributed by atoms with Crippen LogP contribution in [0.2, 0.25) is 0 Å². The number of nitriles is 1. The molecule has 7 aromatic carbocycles. The molecule has 1 unspecified atom stereocenters. The quantitative estimate of drug-likeness (QED) is 0.162. The average molecular weight is 763 g/mol. The van der Waals surface area contributed by atoms with Crippen LogP contribution in [0.1, 0.15) is 57.1 Å². The Morgan fingerprint density at radius 1 is 0.475 bits per heavy atom. The summed E-state index contributed by atoms with van der Waals surface area (Å²) in [6.45, 7) is 4.91. The van der Waals surface area contributed by atoms with Gasteiger partial charge in [0.05, 0.1) is 11.6 Å². The molecule has 2 aliphatic rings. The van der Waals surface area contributed by atoms with Gasteiger partial charge in [-0.2, -0.15) is 5.26 Å². The Morgan fingerprint density at radius 3 is 1.61 bits per heavy atom. The van der Waals surface area contributed by atoms with E-state index in [9.17, 15) is 5.26 Å². The SMILES string of the molecule is C[C@@H]1C[C@@H]2C[C@H](C)CC(c3ccc(-c4nc(-c5cc(-c6ccccc6)cc(-c6ccc(C#N)cc6)c5)nc(-c5cc(-c6ccccc6)cc6ccccc56)n4)cc3)(C1)C2. The molecule has 0 amide bonds. The Labute approximate surface area is 347 Å². The van der Waals surface area contributed by atoms with Gasteiger partial charge in [0.15, 0.2) is 17.5 Å². The van der Waals surface area contributed by atoms with Crippen molar-refractivity contribution in [2.45, 2.75) is 51.4 Å². The number of benzene rings is 7. The number of aromatic nitrogens is 3. The molecule has 1 heterocycles. The normalized spacial score (nSPS) is 19.9. The molecule has 0 saturated heterocycles. The number of hydrogen-bond donors (Lipinski definition) is 0. The highest BCUT2D eigenvalue weighted by Gasteiger charge is 2.45. The first-order valence-corrected chi connectivity index (χ1v) is 21.1. The first-order chi connectivity index (χ1) is 28.9. The minimum atomic E-state index is 0.241. The van der Waals surface area contributed by atoms with Gasteiger partial charge in [-0.15, -0.1) is 0 Å². The zero-order chi connectivity index (χ0) is 39.9. The maximum absolute atomic E-state index is 9.54. The lowest BCUT2D eigenvalue weighted by Crippen LogP contribution is -2.42. The maximum atomic E-state index is 9.54. The molecular weight excluding hydrogens is 717 g/mol. The van der Waals surface area contributed by atoms with Crippen LogP contribution < -0.4 is 0 Å². The second kappa shape index (κ2) is 15.2. The van der Waals surface area contributed by atoms with Gasteiger partial charge in [0, 0.05) is 16.7 Å². The second-order valence-electron chi connectivity index (χ2n) is 17.3. The topological polar surface area (TPSA) is 62.5 Å². The summed E-state index contributed by atoms with van der Waals surface area (Å²) in [5.41, 5.74) is 11.6. The van der Waals surface area contributed by atoms with Gasteiger partial charge in [-0.1, -0.05) is 135 Å². The third-order valence-corrected chi connectivity index (χ3v) is 12.9. The van der Waals surface area contributed by atoms with Crippen LogP contribution in [0.4, 0.5) is 0 Å². The van der Waals surface area contributed by atoms with Gasteiger partial charge in [-0.25, -0.2) is 15.0 Å². The van der Waals surface area contributed by atoms with E-state index in [1.165, 1.54) is 37.7 Å². The van der Waals surface area contributed by atoms with Gasteiger partial charge in [-0.3, -0.25) is 0 Å². The number of rotatable bonds is 7. The highest BCUT2D eigenvalue weighted by atomic mass is 15.0. The van der Waals surface area contributed by atoms with Crippen molar-refractivity contribution in [2.24, 2.45) is 17.8 Å². The Hall–Kier alpha value is -6.70. The molecule has 4 heteroatoms. The third kappa shape index (κ3) is 7.23. The fraction of sp³-hybridized carbons (Fsp3) is 0.200. The molecule has 59 heavy (non-hydrogen) atoms. The molecule has 8 aromatic rings. The zero-order valence-corrected chi connectivity index (χ0v) is 33.6. The average Bonchev–Trinajstić information content (AvgIpc) is 3.28. The maximum Gasteiger partial charge on any atom is 0.164 e. The molecule has 1 aromatic heterocycles. The van der Waals surface area contributed by atoms with Crippen LogP contribution in [0.15, 0.2) is 164 Å². The van der Waals surface area contributed by atoms with Crippen molar-refractivity contribution >= 4 is 10.8 Å². The van der Waals surface area contributed by atoms with Gasteiger partial charge in [-0.05, 0) is 147 Å². The van der Waals surface area contributed by atoms with E-state index >= 15 is 0 Å². The van der Waals surface area contributed by atoms with Crippen molar-refractivity contribution in [3.63, 3.8) is 0 Å². The Morgan fingerprint density at radius 2 is 0.983 bits per heavy atom. The molecule has 2 aliphatic carbocycles. The van der Waals surface area contributed by atoms with Crippen LogP contribution in [-0.2, 0) is 5.41 Å². The molecule has 2 bridgehead atoms. The zero-order valence-electron chi connectivity index (χ0n) is 33.6. The fourth-order valence-electron chi connectivity index (χ4n) is 10.5. The molecule has 0 radical (unpaired) electrons. The lowest BCUT2D eigenvalue weighted by molar-refractivity contribution is 0.0780. The minimum absolute atomic E-state index is 0.241. The molecule has 0 aliphatic heterocycles. The number of nitrogens with zero attached hydrogens (tertiary/aromatic N) is 4. The summed E-state index contributed by atoms with van der Waals surface area (Å²) in [6, 6.07) is 59.8. The van der Waals surface area contributed by atoms with Crippen molar-refractivity contribution in [1.29, 1.82) is 5.26 Å². The van der Waals surface area contributed by atoms with Crippen molar-refractivity contribution in [3.8, 4) is 73.6 Å². The summed E-state index contributed by atoms with van der Waals surface area (Å²) >= 11 is 0. The van der Waals surface area contributed by atoms with E-state index in [-0.39, 0.29) is 5.41 Å². The molecule has 4 nitrogen and oxygen atoms in total. The predicted molar refractivity (Wildman–Crippen MR) is 241 cm³/mol. The molecule has 2 saturated carbocycles. The van der Waals surface area contributed by atoms with Crippen LogP contribution >= 0.6 is 0 Å². The molecular formula is C55H46N4. The van der Waals surface area contributed by atoms with E-state index in [0.717, 1.165) is 78.6 Å². The molecule has 0 spiro atoms. The van der Waals surface area contributed by atoms with Crippen LogP contribution in [0, 0.1) is 29.1 Å². The summed E-state index contributed by atoms with van der Waals surface area (Å²) in [7, 11) is 0. The first kappa shape index (κ1) is 36.6. The first-order valence-electron chi connectivity index (χ1n) is 21.1. The van der Waals surface area contributed by atoms with Gasteiger partial charge in [0.1, 0.15) is 0 Å². The van der Waals surface area contributed by atoms with Crippen molar-refractivity contribution in [2.75, 3.05) is 0 Å². The van der Waals surface area contributed by atoms with E-state index < -0.39 is 0 Å². The van der Waals surface area contributed by atoms with Crippen LogP contribution in [0.3, 0.4) is 0 Å². The van der Waals surface area contributed by atoms with E-state index in [1.807, 2.05) is 30.3 Å². The molecule has 286 valence electrons. The summed E-state index contributed by atoms with van der Waals surface area (Å²) < 4.78 is 0. The highest BCUT2D eigenvalue weighted by molar-refractivity contribution is 5.99. The largest absolute Gasteiger partial charge is 0.208 e. The van der Waals surface area contributed by atoms with Crippen molar-refractivity contribution in [1.82, 2.24) is 15.0 Å². The summed E-state index contributed by atoms with van der Waals surface area (Å²) in [6.07, 6.45) is 6.54. The molecule has 0 N–H and O–H groups in total. The molecule has 2 fully saturated rings. The third-order valence-electron chi connectivity index (χ3n) is 12.9. The van der Waals surface area contributed by atoms with Crippen molar-refractivity contribution in [3.05, 3.63) is 175 Å². The van der Waals surface area contributed by atoms with E-state index in [1.54, 1.807) is 0 Å². The Kier molecular flexibility index (Phi) is 9.46. The minimum Gasteiger partial charge on any atom is -0.208 e. The lowest BCUT2D eigenvalue weighted by atomic mass is 9.54. The summed E-state index contributed by atoms with van der Waals surface area (Å²) in [5, 5.41) is 11.8. The van der Waals surface area contributed by atoms with Crippen LogP contribution in [0.5, 0.6) is 0 Å². The second-order valence-corrected chi connectivity index (χ2v) is 17.3. The summed E-state index contributed by atoms with van der Waals surface area (Å²) in [5.74, 6) is 4.21. The smallest absolute Gasteiger partial charge is 0.164 e. The molecule has 4 atom stereocenters. The molecule has 10 rings (SSSR count). The van der Waals surface area contributed by atoms with E-state index in [4.69, 9.17) is 15.0 Å². The predicted octanol–water partition coefficient (Wildman–Crippen LogP) is 14.0. The Bertz CT molecular complexity index is 2820. The number of hydrogen-bond acceptors (Lipinski definition) is 4. The standard InChI is InChI=1S/C55H46N4/c1-36-25-39-26-37(2)33-55(32-36,34-39)49-23-21-43(22-24-49)52-57-53(48-29-45(40-11-5-3-6-12-40)28-46(30-48)42-19-17-38(35-56)18-20-42)59-54(58-52)51-31-47(41-13-7-4-8-14-41)27-44-15-9-10-16-50(44)51/h3-24,27-31,36-37,39H,25-26,32-34H2,1-2H3/t36-,37+,39-,55?.